The predicted octanol–water partition coefficient (Wildman–Crippen LogP) is 4.69. The Morgan fingerprint density at radius 3 is 2.55 bits per heavy atom. The maximum atomic E-state index is 6.53. The first kappa shape index (κ1) is 14.4. The first-order valence-corrected chi connectivity index (χ1v) is 8.46. The van der Waals surface area contributed by atoms with Gasteiger partial charge in [0.25, 0.3) is 0 Å². The molecule has 1 saturated carbocycles. The van der Waals surface area contributed by atoms with Crippen LogP contribution in [0.1, 0.15) is 51.1 Å². The lowest BCUT2D eigenvalue weighted by atomic mass is 9.69. The van der Waals surface area contributed by atoms with Crippen molar-refractivity contribution >= 4 is 15.9 Å². The molecular formula is C17H24BrNO. The Bertz CT molecular complexity index is 492. The van der Waals surface area contributed by atoms with E-state index in [1.54, 1.807) is 0 Å². The van der Waals surface area contributed by atoms with Gasteiger partial charge < -0.3 is 10.1 Å². The molecule has 1 spiro atoms. The third-order valence-corrected chi connectivity index (χ3v) is 5.34. The first-order chi connectivity index (χ1) is 9.51. The Morgan fingerprint density at radius 1 is 1.20 bits per heavy atom. The monoisotopic (exact) mass is 337 g/mol. The van der Waals surface area contributed by atoms with E-state index < -0.39 is 0 Å². The number of nitrogens with one attached hydrogen (secondary N) is 1. The van der Waals surface area contributed by atoms with E-state index in [2.05, 4.69) is 60.3 Å². The molecule has 1 aliphatic carbocycles. The second kappa shape index (κ2) is 5.34. The number of halogens is 1. The molecule has 0 radical (unpaired) electrons. The van der Waals surface area contributed by atoms with Gasteiger partial charge in [0.2, 0.25) is 0 Å². The largest absolute Gasteiger partial charge is 0.487 e. The van der Waals surface area contributed by atoms with Crippen LogP contribution in [-0.2, 0) is 0 Å². The van der Waals surface area contributed by atoms with Crippen molar-refractivity contribution in [3.63, 3.8) is 0 Å². The molecule has 1 aliphatic heterocycles. The molecule has 0 aromatic heterocycles. The predicted molar refractivity (Wildman–Crippen MR) is 86.1 cm³/mol. The van der Waals surface area contributed by atoms with Crippen molar-refractivity contribution in [2.24, 2.45) is 11.8 Å². The quantitative estimate of drug-likeness (QED) is 0.802. The van der Waals surface area contributed by atoms with Gasteiger partial charge in [-0.1, -0.05) is 29.8 Å². The maximum absolute atomic E-state index is 6.53. The second-order valence-corrected chi connectivity index (χ2v) is 7.78. The number of rotatable bonds is 1. The summed E-state index contributed by atoms with van der Waals surface area (Å²) in [6, 6.07) is 6.79. The van der Waals surface area contributed by atoms with Gasteiger partial charge in [0, 0.05) is 22.5 Å². The highest BCUT2D eigenvalue weighted by atomic mass is 79.9. The van der Waals surface area contributed by atoms with Gasteiger partial charge >= 0.3 is 0 Å². The van der Waals surface area contributed by atoms with Gasteiger partial charge in [-0.05, 0) is 56.3 Å². The molecule has 110 valence electrons. The van der Waals surface area contributed by atoms with E-state index in [9.17, 15) is 0 Å². The van der Waals surface area contributed by atoms with Crippen LogP contribution in [0.4, 0.5) is 0 Å². The summed E-state index contributed by atoms with van der Waals surface area (Å²) >= 11 is 3.57. The minimum Gasteiger partial charge on any atom is -0.487 e. The summed E-state index contributed by atoms with van der Waals surface area (Å²) in [5.74, 6) is 2.58. The summed E-state index contributed by atoms with van der Waals surface area (Å²) in [7, 11) is 2.06. The molecule has 0 saturated heterocycles. The van der Waals surface area contributed by atoms with Crippen LogP contribution < -0.4 is 10.1 Å². The summed E-state index contributed by atoms with van der Waals surface area (Å²) in [4.78, 5) is 0. The lowest BCUT2D eigenvalue weighted by molar-refractivity contribution is -0.0341. The molecular weight excluding hydrogens is 314 g/mol. The van der Waals surface area contributed by atoms with E-state index in [0.29, 0.717) is 6.04 Å². The summed E-state index contributed by atoms with van der Waals surface area (Å²) in [5, 5.41) is 3.49. The summed E-state index contributed by atoms with van der Waals surface area (Å²) in [6.07, 6.45) is 4.79. The van der Waals surface area contributed by atoms with Gasteiger partial charge in [0.1, 0.15) is 11.4 Å². The van der Waals surface area contributed by atoms with Crippen molar-refractivity contribution in [2.75, 3.05) is 7.05 Å². The summed E-state index contributed by atoms with van der Waals surface area (Å²) < 4.78 is 7.65. The molecule has 1 aromatic carbocycles. The minimum atomic E-state index is 0.0333. The molecule has 1 N–H and O–H groups in total. The molecule has 20 heavy (non-hydrogen) atoms. The first-order valence-electron chi connectivity index (χ1n) is 7.67. The number of hydrogen-bond donors (Lipinski definition) is 1. The zero-order valence-corrected chi connectivity index (χ0v) is 14.2. The summed E-state index contributed by atoms with van der Waals surface area (Å²) in [5.41, 5.74) is 1.32. The Balaban J connectivity index is 1.96. The zero-order chi connectivity index (χ0) is 14.3. The molecule has 1 heterocycles. The zero-order valence-electron chi connectivity index (χ0n) is 12.6. The smallest absolute Gasteiger partial charge is 0.125 e. The van der Waals surface area contributed by atoms with Crippen LogP contribution in [0.25, 0.3) is 0 Å². The lowest BCUT2D eigenvalue weighted by Gasteiger charge is -2.48. The van der Waals surface area contributed by atoms with Crippen LogP contribution in [0.5, 0.6) is 5.75 Å². The highest BCUT2D eigenvalue weighted by Crippen LogP contribution is 2.49. The lowest BCUT2D eigenvalue weighted by Crippen LogP contribution is -2.48. The third kappa shape index (κ3) is 2.62. The van der Waals surface area contributed by atoms with Crippen LogP contribution in [0.3, 0.4) is 0 Å². The van der Waals surface area contributed by atoms with Crippen LogP contribution in [0, 0.1) is 11.8 Å². The Hall–Kier alpha value is -0.540. The van der Waals surface area contributed by atoms with Gasteiger partial charge in [-0.2, -0.15) is 0 Å². The van der Waals surface area contributed by atoms with Crippen molar-refractivity contribution < 1.29 is 4.74 Å². The van der Waals surface area contributed by atoms with E-state index in [4.69, 9.17) is 4.74 Å². The van der Waals surface area contributed by atoms with E-state index in [1.165, 1.54) is 24.8 Å². The number of benzene rings is 1. The maximum Gasteiger partial charge on any atom is 0.125 e. The summed E-state index contributed by atoms with van der Waals surface area (Å²) in [6.45, 7) is 4.73. The van der Waals surface area contributed by atoms with Gasteiger partial charge in [0.05, 0.1) is 0 Å². The average molecular weight is 338 g/mol. The number of hydrogen-bond acceptors (Lipinski definition) is 2. The van der Waals surface area contributed by atoms with E-state index in [1.807, 2.05) is 0 Å². The van der Waals surface area contributed by atoms with Crippen molar-refractivity contribution in [2.45, 2.75) is 51.2 Å². The highest BCUT2D eigenvalue weighted by Gasteiger charge is 2.45. The molecule has 0 amide bonds. The van der Waals surface area contributed by atoms with Gasteiger partial charge in [0.15, 0.2) is 0 Å². The van der Waals surface area contributed by atoms with Crippen molar-refractivity contribution in [3.8, 4) is 5.75 Å². The SMILES string of the molecule is CNC1CC2(CC(C)CC(C)C2)Oc2ccc(Br)cc21. The van der Waals surface area contributed by atoms with E-state index >= 15 is 0 Å². The minimum absolute atomic E-state index is 0.0333. The van der Waals surface area contributed by atoms with Crippen LogP contribution >= 0.6 is 15.9 Å². The fourth-order valence-electron chi connectivity index (χ4n) is 4.36. The van der Waals surface area contributed by atoms with E-state index in [-0.39, 0.29) is 5.60 Å². The van der Waals surface area contributed by atoms with Gasteiger partial charge in [-0.25, -0.2) is 0 Å². The van der Waals surface area contributed by atoms with Crippen molar-refractivity contribution in [1.29, 1.82) is 0 Å². The highest BCUT2D eigenvalue weighted by molar-refractivity contribution is 9.10. The fourth-order valence-corrected chi connectivity index (χ4v) is 4.73. The number of ether oxygens (including phenoxy) is 1. The van der Waals surface area contributed by atoms with Crippen LogP contribution in [-0.4, -0.2) is 12.6 Å². The van der Waals surface area contributed by atoms with Crippen molar-refractivity contribution in [3.05, 3.63) is 28.2 Å². The Morgan fingerprint density at radius 2 is 1.90 bits per heavy atom. The average Bonchev–Trinajstić information content (AvgIpc) is 2.37. The molecule has 2 nitrogen and oxygen atoms in total. The number of fused-ring (bicyclic) bond motifs is 1. The standard InChI is InChI=1S/C17H24BrNO/c1-11-6-12(2)9-17(8-11)10-15(19-3)14-7-13(18)4-5-16(14)20-17/h4-5,7,11-12,15,19H,6,8-10H2,1-3H3. The molecule has 1 aromatic rings. The normalized spacial score (nSPS) is 36.5. The Labute approximate surface area is 130 Å². The van der Waals surface area contributed by atoms with Crippen LogP contribution in [0.2, 0.25) is 0 Å². The molecule has 1 fully saturated rings. The van der Waals surface area contributed by atoms with Crippen molar-refractivity contribution in [1.82, 2.24) is 5.32 Å². The second-order valence-electron chi connectivity index (χ2n) is 6.87. The van der Waals surface area contributed by atoms with Gasteiger partial charge in [-0.15, -0.1) is 0 Å². The fraction of sp³-hybridized carbons (Fsp3) is 0.647. The molecule has 2 aliphatic rings. The molecule has 3 rings (SSSR count). The molecule has 0 bridgehead atoms. The molecule has 3 atom stereocenters. The molecule has 3 heteroatoms. The third-order valence-electron chi connectivity index (χ3n) is 4.84. The molecule has 3 unspecified atom stereocenters. The van der Waals surface area contributed by atoms with Gasteiger partial charge in [-0.3, -0.25) is 0 Å². The Kier molecular flexibility index (Phi) is 3.85. The van der Waals surface area contributed by atoms with Crippen LogP contribution in [0.15, 0.2) is 22.7 Å². The topological polar surface area (TPSA) is 21.3 Å². The van der Waals surface area contributed by atoms with E-state index in [0.717, 1.165) is 28.5 Å².